The van der Waals surface area contributed by atoms with Gasteiger partial charge in [0.1, 0.15) is 0 Å². The normalized spacial score (nSPS) is 23.6. The number of benzene rings is 1. The zero-order valence-electron chi connectivity index (χ0n) is 10.4. The molecule has 0 spiro atoms. The average Bonchev–Trinajstić information content (AvgIpc) is 2.93. The van der Waals surface area contributed by atoms with Crippen molar-refractivity contribution in [2.75, 3.05) is 23.3 Å². The number of fused-ring (bicyclic) bond motifs is 1. The Bertz CT molecular complexity index is 558. The lowest BCUT2D eigenvalue weighted by atomic mass is 10.1. The van der Waals surface area contributed by atoms with Crippen LogP contribution in [-0.2, 0) is 0 Å². The monoisotopic (exact) mass is 279 g/mol. The van der Waals surface area contributed by atoms with E-state index in [4.69, 9.17) is 5.73 Å². The van der Waals surface area contributed by atoms with Crippen LogP contribution in [0.25, 0.3) is 10.2 Å². The van der Waals surface area contributed by atoms with Crippen molar-refractivity contribution in [3.8, 4) is 0 Å². The fraction of sp³-hybridized carbons (Fsp3) is 0.462. The van der Waals surface area contributed by atoms with Gasteiger partial charge >= 0.3 is 0 Å². The van der Waals surface area contributed by atoms with Crippen LogP contribution < -0.4 is 11.1 Å². The van der Waals surface area contributed by atoms with Crippen molar-refractivity contribution >= 4 is 44.1 Å². The first kappa shape index (κ1) is 12.1. The van der Waals surface area contributed by atoms with E-state index in [1.54, 1.807) is 11.3 Å². The highest BCUT2D eigenvalue weighted by Gasteiger charge is 2.29. The molecule has 1 fully saturated rings. The Labute approximate surface area is 115 Å². The second-order valence-corrected chi connectivity index (χ2v) is 7.71. The molecule has 18 heavy (non-hydrogen) atoms. The number of anilines is 2. The van der Waals surface area contributed by atoms with Crippen molar-refractivity contribution in [2.45, 2.75) is 24.5 Å². The van der Waals surface area contributed by atoms with Gasteiger partial charge in [-0.25, -0.2) is 4.98 Å². The molecule has 0 bridgehead atoms. The zero-order valence-corrected chi connectivity index (χ0v) is 12.0. The molecule has 1 saturated heterocycles. The molecule has 1 atom stereocenters. The van der Waals surface area contributed by atoms with E-state index in [-0.39, 0.29) is 0 Å². The van der Waals surface area contributed by atoms with E-state index in [2.05, 4.69) is 29.0 Å². The number of nitrogens with one attached hydrogen (secondary N) is 1. The molecule has 1 aromatic carbocycles. The standard InChI is InChI=1S/C13H17N3S2/c1-13(5-2-6-17-13)8-15-12-16-10-4-3-9(14)7-11(10)18-12/h3-4,7H,2,5-6,8,14H2,1H3,(H,15,16). The first-order valence-electron chi connectivity index (χ1n) is 6.19. The first-order chi connectivity index (χ1) is 8.65. The number of nitrogens with zero attached hydrogens (tertiary/aromatic N) is 1. The van der Waals surface area contributed by atoms with Gasteiger partial charge < -0.3 is 11.1 Å². The number of nitrogens with two attached hydrogens (primary N) is 1. The molecule has 2 heterocycles. The summed E-state index contributed by atoms with van der Waals surface area (Å²) >= 11 is 3.75. The second kappa shape index (κ2) is 4.63. The van der Waals surface area contributed by atoms with Crippen LogP contribution in [0, 0.1) is 0 Å². The lowest BCUT2D eigenvalue weighted by Crippen LogP contribution is -2.26. The van der Waals surface area contributed by atoms with Crippen LogP contribution in [0.15, 0.2) is 18.2 Å². The molecule has 0 amide bonds. The number of rotatable bonds is 3. The third kappa shape index (κ3) is 2.42. The van der Waals surface area contributed by atoms with E-state index in [1.807, 2.05) is 18.2 Å². The van der Waals surface area contributed by atoms with Crippen LogP contribution in [0.3, 0.4) is 0 Å². The van der Waals surface area contributed by atoms with Gasteiger partial charge in [0.25, 0.3) is 0 Å². The fourth-order valence-electron chi connectivity index (χ4n) is 2.26. The predicted molar refractivity (Wildman–Crippen MR) is 82.6 cm³/mol. The summed E-state index contributed by atoms with van der Waals surface area (Å²) in [6.45, 7) is 3.33. The molecule has 1 aliphatic heterocycles. The van der Waals surface area contributed by atoms with Crippen LogP contribution >= 0.6 is 23.1 Å². The van der Waals surface area contributed by atoms with Gasteiger partial charge in [-0.3, -0.25) is 0 Å². The molecule has 0 saturated carbocycles. The summed E-state index contributed by atoms with van der Waals surface area (Å²) in [6.07, 6.45) is 2.63. The molecular formula is C13H17N3S2. The topological polar surface area (TPSA) is 50.9 Å². The fourth-order valence-corrected chi connectivity index (χ4v) is 4.41. The number of aromatic nitrogens is 1. The Kier molecular flexibility index (Phi) is 3.11. The number of thiazole rings is 1. The smallest absolute Gasteiger partial charge is 0.183 e. The largest absolute Gasteiger partial charge is 0.399 e. The van der Waals surface area contributed by atoms with Gasteiger partial charge in [-0.2, -0.15) is 11.8 Å². The molecule has 2 aromatic rings. The highest BCUT2D eigenvalue weighted by atomic mass is 32.2. The van der Waals surface area contributed by atoms with Crippen LogP contribution in [0.2, 0.25) is 0 Å². The van der Waals surface area contributed by atoms with E-state index >= 15 is 0 Å². The molecule has 3 N–H and O–H groups in total. The van der Waals surface area contributed by atoms with Crippen molar-refractivity contribution in [1.82, 2.24) is 4.98 Å². The van der Waals surface area contributed by atoms with Crippen LogP contribution in [0.5, 0.6) is 0 Å². The molecule has 3 nitrogen and oxygen atoms in total. The molecule has 1 unspecified atom stereocenters. The van der Waals surface area contributed by atoms with Gasteiger partial charge in [-0.1, -0.05) is 11.3 Å². The Balaban J connectivity index is 1.74. The molecular weight excluding hydrogens is 262 g/mol. The molecule has 5 heteroatoms. The Morgan fingerprint density at radius 2 is 2.39 bits per heavy atom. The molecule has 0 radical (unpaired) electrons. The lowest BCUT2D eigenvalue weighted by Gasteiger charge is -2.22. The average molecular weight is 279 g/mol. The Morgan fingerprint density at radius 1 is 1.50 bits per heavy atom. The van der Waals surface area contributed by atoms with E-state index < -0.39 is 0 Å². The maximum Gasteiger partial charge on any atom is 0.183 e. The summed E-state index contributed by atoms with van der Waals surface area (Å²) in [7, 11) is 0. The number of hydrogen-bond donors (Lipinski definition) is 2. The minimum Gasteiger partial charge on any atom is -0.399 e. The maximum atomic E-state index is 5.78. The van der Waals surface area contributed by atoms with E-state index in [0.717, 1.165) is 27.6 Å². The van der Waals surface area contributed by atoms with E-state index in [9.17, 15) is 0 Å². The summed E-state index contributed by atoms with van der Waals surface area (Å²) < 4.78 is 1.53. The highest BCUT2D eigenvalue weighted by Crippen LogP contribution is 2.38. The van der Waals surface area contributed by atoms with Gasteiger partial charge in [-0.15, -0.1) is 0 Å². The number of nitrogen functional groups attached to an aromatic ring is 1. The molecule has 96 valence electrons. The molecule has 1 aliphatic rings. The summed E-state index contributed by atoms with van der Waals surface area (Å²) in [4.78, 5) is 4.59. The van der Waals surface area contributed by atoms with Gasteiger partial charge in [0.05, 0.1) is 10.2 Å². The Hall–Kier alpha value is -0.940. The van der Waals surface area contributed by atoms with Gasteiger partial charge in [-0.05, 0) is 43.7 Å². The van der Waals surface area contributed by atoms with Crippen molar-refractivity contribution < 1.29 is 0 Å². The van der Waals surface area contributed by atoms with Crippen molar-refractivity contribution in [3.05, 3.63) is 18.2 Å². The van der Waals surface area contributed by atoms with Gasteiger partial charge in [0, 0.05) is 17.0 Å². The van der Waals surface area contributed by atoms with Gasteiger partial charge in [0.2, 0.25) is 0 Å². The number of thioether (sulfide) groups is 1. The minimum absolute atomic E-state index is 0.372. The minimum atomic E-state index is 0.372. The summed E-state index contributed by atoms with van der Waals surface area (Å²) in [5.41, 5.74) is 7.61. The predicted octanol–water partition coefficient (Wildman–Crippen LogP) is 3.58. The quantitative estimate of drug-likeness (QED) is 0.843. The maximum absolute atomic E-state index is 5.78. The summed E-state index contributed by atoms with van der Waals surface area (Å²) in [6, 6.07) is 5.88. The number of hydrogen-bond acceptors (Lipinski definition) is 5. The molecule has 3 rings (SSSR count). The third-order valence-corrected chi connectivity index (χ3v) is 5.84. The van der Waals surface area contributed by atoms with Crippen LogP contribution in [-0.4, -0.2) is 22.0 Å². The first-order valence-corrected chi connectivity index (χ1v) is 7.99. The molecule has 1 aromatic heterocycles. The van der Waals surface area contributed by atoms with E-state index in [0.29, 0.717) is 4.75 Å². The second-order valence-electron chi connectivity index (χ2n) is 5.00. The van der Waals surface area contributed by atoms with Crippen molar-refractivity contribution in [3.63, 3.8) is 0 Å². The van der Waals surface area contributed by atoms with Crippen LogP contribution in [0.1, 0.15) is 19.8 Å². The van der Waals surface area contributed by atoms with Crippen molar-refractivity contribution in [2.24, 2.45) is 0 Å². The summed E-state index contributed by atoms with van der Waals surface area (Å²) in [5, 5.41) is 4.49. The summed E-state index contributed by atoms with van der Waals surface area (Å²) in [5.74, 6) is 1.29. The van der Waals surface area contributed by atoms with E-state index in [1.165, 1.54) is 18.6 Å². The molecule has 0 aliphatic carbocycles. The lowest BCUT2D eigenvalue weighted by molar-refractivity contribution is 0.634. The van der Waals surface area contributed by atoms with Crippen LogP contribution in [0.4, 0.5) is 10.8 Å². The highest BCUT2D eigenvalue weighted by molar-refractivity contribution is 8.00. The third-order valence-electron chi connectivity index (χ3n) is 3.33. The van der Waals surface area contributed by atoms with Crippen molar-refractivity contribution in [1.29, 1.82) is 0 Å². The SMILES string of the molecule is CC1(CNc2nc3ccc(N)cc3s2)CCCS1. The zero-order chi connectivity index (χ0) is 12.6. The van der Waals surface area contributed by atoms with Gasteiger partial charge in [0.15, 0.2) is 5.13 Å². The Morgan fingerprint density at radius 3 is 3.17 bits per heavy atom.